The van der Waals surface area contributed by atoms with E-state index in [0.717, 1.165) is 16.9 Å². The molecule has 4 nitrogen and oxygen atoms in total. The van der Waals surface area contributed by atoms with E-state index in [4.69, 9.17) is 4.74 Å². The number of hydrogen-bond acceptors (Lipinski definition) is 3. The van der Waals surface area contributed by atoms with Crippen LogP contribution in [0.25, 0.3) is 0 Å². The first-order chi connectivity index (χ1) is 8.56. The van der Waals surface area contributed by atoms with Gasteiger partial charge in [-0.1, -0.05) is 18.2 Å². The van der Waals surface area contributed by atoms with Crippen molar-refractivity contribution in [2.45, 2.75) is 26.4 Å². The van der Waals surface area contributed by atoms with E-state index in [-0.39, 0.29) is 12.5 Å². The maximum absolute atomic E-state index is 11.4. The number of amides is 1. The maximum atomic E-state index is 11.4. The van der Waals surface area contributed by atoms with E-state index in [1.54, 1.807) is 19.0 Å². The summed E-state index contributed by atoms with van der Waals surface area (Å²) in [6, 6.07) is 5.68. The summed E-state index contributed by atoms with van der Waals surface area (Å²) < 4.78 is 5.66. The molecule has 0 saturated carbocycles. The van der Waals surface area contributed by atoms with E-state index in [1.165, 1.54) is 0 Å². The third kappa shape index (κ3) is 4.04. The summed E-state index contributed by atoms with van der Waals surface area (Å²) in [5.74, 6) is 0.836. The molecule has 0 radical (unpaired) electrons. The van der Waals surface area contributed by atoms with Crippen molar-refractivity contribution in [3.63, 3.8) is 0 Å². The van der Waals surface area contributed by atoms with Crippen molar-refractivity contribution in [1.29, 1.82) is 0 Å². The Hall–Kier alpha value is -1.55. The highest BCUT2D eigenvalue weighted by Gasteiger charge is 2.07. The lowest BCUT2D eigenvalue weighted by molar-refractivity contribution is -0.128. The predicted octanol–water partition coefficient (Wildman–Crippen LogP) is 1.73. The Morgan fingerprint density at radius 2 is 2.11 bits per heavy atom. The zero-order valence-electron chi connectivity index (χ0n) is 11.3. The summed E-state index contributed by atoms with van der Waals surface area (Å²) in [6.07, 6.45) is 1.16. The Balaban J connectivity index is 2.47. The van der Waals surface area contributed by atoms with Gasteiger partial charge in [-0.3, -0.25) is 4.79 Å². The number of aliphatic hydroxyl groups is 1. The number of rotatable bonds is 6. The minimum absolute atomic E-state index is 0.0341. The summed E-state index contributed by atoms with van der Waals surface area (Å²) in [7, 11) is 3.49. The van der Waals surface area contributed by atoms with E-state index < -0.39 is 0 Å². The van der Waals surface area contributed by atoms with Crippen LogP contribution in [0.4, 0.5) is 0 Å². The number of carbonyl (C=O) groups is 1. The van der Waals surface area contributed by atoms with Crippen LogP contribution in [-0.4, -0.2) is 36.6 Å². The highest BCUT2D eigenvalue weighted by atomic mass is 16.5. The van der Waals surface area contributed by atoms with Crippen molar-refractivity contribution in [2.24, 2.45) is 0 Å². The molecule has 0 heterocycles. The second-order valence-corrected chi connectivity index (χ2v) is 4.46. The number of para-hydroxylation sites is 1. The van der Waals surface area contributed by atoms with Gasteiger partial charge >= 0.3 is 0 Å². The highest BCUT2D eigenvalue weighted by Crippen LogP contribution is 2.23. The largest absolute Gasteiger partial charge is 0.493 e. The molecule has 0 saturated heterocycles. The molecule has 0 aliphatic heterocycles. The first kappa shape index (κ1) is 14.5. The Labute approximate surface area is 108 Å². The van der Waals surface area contributed by atoms with Crippen LogP contribution in [0.15, 0.2) is 18.2 Å². The second kappa shape index (κ2) is 7.01. The monoisotopic (exact) mass is 251 g/mol. The summed E-state index contributed by atoms with van der Waals surface area (Å²) in [6.45, 7) is 2.39. The van der Waals surface area contributed by atoms with Crippen molar-refractivity contribution >= 4 is 5.91 Å². The number of benzene rings is 1. The fourth-order valence-electron chi connectivity index (χ4n) is 1.67. The van der Waals surface area contributed by atoms with Gasteiger partial charge in [-0.25, -0.2) is 0 Å². The fourth-order valence-corrected chi connectivity index (χ4v) is 1.67. The van der Waals surface area contributed by atoms with Gasteiger partial charge in [-0.15, -0.1) is 0 Å². The van der Waals surface area contributed by atoms with Gasteiger partial charge in [-0.2, -0.15) is 0 Å². The normalized spacial score (nSPS) is 10.2. The lowest BCUT2D eigenvalue weighted by Crippen LogP contribution is -2.21. The van der Waals surface area contributed by atoms with Crippen LogP contribution in [0.2, 0.25) is 0 Å². The van der Waals surface area contributed by atoms with Gasteiger partial charge in [0.2, 0.25) is 5.91 Å². The lowest BCUT2D eigenvalue weighted by Gasteiger charge is -2.13. The third-order valence-corrected chi connectivity index (χ3v) is 2.74. The minimum atomic E-state index is -0.0341. The van der Waals surface area contributed by atoms with E-state index in [9.17, 15) is 9.90 Å². The standard InChI is InChI=1S/C14H21NO3/c1-11-6-4-7-12(10-16)14(11)18-9-5-8-13(17)15(2)3/h4,6-7,16H,5,8-10H2,1-3H3. The summed E-state index contributed by atoms with van der Waals surface area (Å²) >= 11 is 0. The van der Waals surface area contributed by atoms with Crippen LogP contribution >= 0.6 is 0 Å². The van der Waals surface area contributed by atoms with Gasteiger partial charge in [0.25, 0.3) is 0 Å². The Morgan fingerprint density at radius 3 is 2.72 bits per heavy atom. The molecule has 1 rings (SSSR count). The Morgan fingerprint density at radius 1 is 1.39 bits per heavy atom. The average molecular weight is 251 g/mol. The zero-order chi connectivity index (χ0) is 13.5. The fraction of sp³-hybridized carbons (Fsp3) is 0.500. The van der Waals surface area contributed by atoms with Crippen LogP contribution < -0.4 is 4.74 Å². The molecule has 0 bridgehead atoms. The number of ether oxygens (including phenoxy) is 1. The average Bonchev–Trinajstić information content (AvgIpc) is 2.35. The van der Waals surface area contributed by atoms with Gasteiger partial charge in [0, 0.05) is 26.1 Å². The first-order valence-corrected chi connectivity index (χ1v) is 6.08. The topological polar surface area (TPSA) is 49.8 Å². The molecule has 1 amide bonds. The van der Waals surface area contributed by atoms with Crippen LogP contribution in [0.3, 0.4) is 0 Å². The SMILES string of the molecule is Cc1cccc(CO)c1OCCCC(=O)N(C)C. The van der Waals surface area contributed by atoms with E-state index in [0.29, 0.717) is 19.4 Å². The van der Waals surface area contributed by atoms with Crippen molar-refractivity contribution in [3.8, 4) is 5.75 Å². The number of nitrogens with zero attached hydrogens (tertiary/aromatic N) is 1. The van der Waals surface area contributed by atoms with E-state index in [2.05, 4.69) is 0 Å². The molecule has 4 heteroatoms. The number of hydrogen-bond donors (Lipinski definition) is 1. The van der Waals surface area contributed by atoms with Crippen molar-refractivity contribution < 1.29 is 14.6 Å². The molecule has 0 spiro atoms. The molecule has 0 atom stereocenters. The molecular formula is C14H21NO3. The molecule has 0 unspecified atom stereocenters. The highest BCUT2D eigenvalue weighted by molar-refractivity contribution is 5.75. The third-order valence-electron chi connectivity index (χ3n) is 2.74. The second-order valence-electron chi connectivity index (χ2n) is 4.46. The van der Waals surface area contributed by atoms with E-state index in [1.807, 2.05) is 25.1 Å². The van der Waals surface area contributed by atoms with Crippen LogP contribution in [0.1, 0.15) is 24.0 Å². The molecular weight excluding hydrogens is 230 g/mol. The van der Waals surface area contributed by atoms with Crippen molar-refractivity contribution in [3.05, 3.63) is 29.3 Å². The quantitative estimate of drug-likeness (QED) is 0.783. The molecule has 1 aromatic carbocycles. The molecule has 0 aromatic heterocycles. The molecule has 0 aliphatic carbocycles. The molecule has 0 fully saturated rings. The number of carbonyl (C=O) groups excluding carboxylic acids is 1. The molecule has 1 N–H and O–H groups in total. The zero-order valence-corrected chi connectivity index (χ0v) is 11.3. The Kier molecular flexibility index (Phi) is 5.65. The van der Waals surface area contributed by atoms with Crippen LogP contribution in [0.5, 0.6) is 5.75 Å². The summed E-state index contributed by atoms with van der Waals surface area (Å²) in [5.41, 5.74) is 1.79. The lowest BCUT2D eigenvalue weighted by atomic mass is 10.1. The summed E-state index contributed by atoms with van der Waals surface area (Å²) in [4.78, 5) is 13.0. The van der Waals surface area contributed by atoms with Gasteiger partial charge < -0.3 is 14.7 Å². The molecule has 18 heavy (non-hydrogen) atoms. The number of aryl methyl sites for hydroxylation is 1. The van der Waals surface area contributed by atoms with Crippen LogP contribution in [-0.2, 0) is 11.4 Å². The van der Waals surface area contributed by atoms with Gasteiger partial charge in [0.1, 0.15) is 5.75 Å². The van der Waals surface area contributed by atoms with Gasteiger partial charge in [0.05, 0.1) is 13.2 Å². The van der Waals surface area contributed by atoms with E-state index >= 15 is 0 Å². The smallest absolute Gasteiger partial charge is 0.222 e. The van der Waals surface area contributed by atoms with Gasteiger partial charge in [-0.05, 0) is 18.9 Å². The predicted molar refractivity (Wildman–Crippen MR) is 70.5 cm³/mol. The van der Waals surface area contributed by atoms with Crippen LogP contribution in [0, 0.1) is 6.92 Å². The molecule has 1 aromatic rings. The molecule has 0 aliphatic rings. The number of aliphatic hydroxyl groups excluding tert-OH is 1. The summed E-state index contributed by atoms with van der Waals surface area (Å²) in [5, 5.41) is 9.22. The van der Waals surface area contributed by atoms with Crippen molar-refractivity contribution in [1.82, 2.24) is 4.90 Å². The minimum Gasteiger partial charge on any atom is -0.493 e. The van der Waals surface area contributed by atoms with Gasteiger partial charge in [0.15, 0.2) is 0 Å². The maximum Gasteiger partial charge on any atom is 0.222 e. The Bertz CT molecular complexity index is 402. The van der Waals surface area contributed by atoms with Crippen molar-refractivity contribution in [2.75, 3.05) is 20.7 Å². The first-order valence-electron chi connectivity index (χ1n) is 6.08. The molecule has 100 valence electrons.